The van der Waals surface area contributed by atoms with E-state index in [9.17, 15) is 24.1 Å². The van der Waals surface area contributed by atoms with Crippen molar-refractivity contribution in [2.75, 3.05) is 5.73 Å². The molecule has 0 bridgehead atoms. The van der Waals surface area contributed by atoms with Gasteiger partial charge in [-0.05, 0) is 0 Å². The van der Waals surface area contributed by atoms with Crippen LogP contribution >= 0.6 is 15.6 Å². The molecule has 18 nitrogen and oxygen atoms in total. The van der Waals surface area contributed by atoms with Gasteiger partial charge < -0.3 is 40.3 Å². The average molecular weight is 475 g/mol. The minimum atomic E-state index is -5.36. The molecule has 5 atom stereocenters. The van der Waals surface area contributed by atoms with Crippen molar-refractivity contribution < 1.29 is 57.7 Å². The van der Waals surface area contributed by atoms with E-state index in [0.717, 1.165) is 10.9 Å². The van der Waals surface area contributed by atoms with Crippen molar-refractivity contribution in [2.45, 2.75) is 30.8 Å². The third kappa shape index (κ3) is 4.92. The van der Waals surface area contributed by atoms with Crippen LogP contribution in [-0.2, 0) is 28.0 Å². The zero-order chi connectivity index (χ0) is 22.4. The number of anilines is 1. The van der Waals surface area contributed by atoms with Crippen molar-refractivity contribution >= 4 is 32.8 Å². The Hall–Kier alpha value is -1.79. The van der Waals surface area contributed by atoms with Crippen molar-refractivity contribution in [1.29, 1.82) is 0 Å². The summed E-state index contributed by atoms with van der Waals surface area (Å²) >= 11 is 0. The number of nitrogens with zero attached hydrogens (tertiary/aromatic N) is 3. The number of nitrogens with two attached hydrogens (primary N) is 1. The summed E-state index contributed by atoms with van der Waals surface area (Å²) in [5, 5.41) is 20.5. The Bertz CT molecular complexity index is 1080. The van der Waals surface area contributed by atoms with Crippen molar-refractivity contribution in [1.82, 2.24) is 19.5 Å². The maximum atomic E-state index is 11.9. The molecule has 0 amide bonds. The van der Waals surface area contributed by atoms with Gasteiger partial charge in [-0.25, -0.2) is 14.1 Å². The van der Waals surface area contributed by atoms with E-state index in [1.54, 1.807) is 0 Å². The van der Waals surface area contributed by atoms with Gasteiger partial charge in [0, 0.05) is 0 Å². The van der Waals surface area contributed by atoms with Gasteiger partial charge in [-0.3, -0.25) is 18.9 Å². The highest BCUT2D eigenvalue weighted by molar-refractivity contribution is 7.46. The van der Waals surface area contributed by atoms with E-state index in [1.165, 1.54) is 0 Å². The van der Waals surface area contributed by atoms with Gasteiger partial charge in [-0.1, -0.05) is 0 Å². The molecule has 2 aromatic heterocycles. The second kappa shape index (κ2) is 8.04. The predicted octanol–water partition coefficient (Wildman–Crippen LogP) is -3.20. The molecule has 1 aliphatic heterocycles. The fourth-order valence-corrected chi connectivity index (χ4v) is 3.26. The number of aromatic amines is 1. The first kappa shape index (κ1) is 22.9. The molecule has 9 N–H and O–H groups in total. The molecule has 20 heteroatoms. The highest BCUT2D eigenvalue weighted by Gasteiger charge is 2.51. The van der Waals surface area contributed by atoms with Gasteiger partial charge in [0.15, 0.2) is 17.4 Å². The fraction of sp³-hybridized carbons (Fsp3) is 0.500. The van der Waals surface area contributed by atoms with Crippen LogP contribution in [0, 0.1) is 0 Å². The number of phosphoric ester groups is 1. The Balaban J connectivity index is 1.93. The van der Waals surface area contributed by atoms with Crippen molar-refractivity contribution in [3.8, 4) is 0 Å². The van der Waals surface area contributed by atoms with E-state index in [4.69, 9.17) is 30.0 Å². The molecule has 1 saturated heterocycles. The molecule has 3 rings (SSSR count). The van der Waals surface area contributed by atoms with E-state index in [2.05, 4.69) is 29.0 Å². The smallest absolute Gasteiger partial charge is 0.387 e. The number of fused-ring (bicyclic) bond motifs is 1. The number of rotatable bonds is 7. The molecule has 168 valence electrons. The summed E-state index contributed by atoms with van der Waals surface area (Å²) in [5.74, 6) is -0.306. The van der Waals surface area contributed by atoms with Gasteiger partial charge in [0.25, 0.3) is 5.56 Å². The summed E-state index contributed by atoms with van der Waals surface area (Å²) in [5.41, 5.74) is 4.36. The molecule has 1 fully saturated rings. The number of aliphatic hydroxyl groups excluding tert-OH is 2. The van der Waals surface area contributed by atoms with E-state index < -0.39 is 52.0 Å². The zero-order valence-corrected chi connectivity index (χ0v) is 16.1. The predicted molar refractivity (Wildman–Crippen MR) is 89.6 cm³/mol. The standard InChI is InChI=1S/C10H15N5O13P2/c11-10-13-6-2(7(18)14-10)12-1-15(6)8-4(17)3(16)5(25-8)9(27-29(19,20)21)26-28-30(22,23)24/h1,3-5,8-9,16-17H,(H2,19,20,21)(H2,22,23,24)(H3,11,13,14,18)/t3-,4+,5-,8+,9?/m0/s1. The second-order valence-corrected chi connectivity index (χ2v) is 8.20. The van der Waals surface area contributed by atoms with Crippen molar-refractivity contribution in [3.05, 3.63) is 16.7 Å². The van der Waals surface area contributed by atoms with E-state index in [0.29, 0.717) is 0 Å². The molecule has 0 aliphatic carbocycles. The van der Waals surface area contributed by atoms with Gasteiger partial charge in [-0.15, -0.1) is 4.67 Å². The molecule has 0 spiro atoms. The second-order valence-electron chi connectivity index (χ2n) is 5.87. The third-order valence-electron chi connectivity index (χ3n) is 3.74. The lowest BCUT2D eigenvalue weighted by Gasteiger charge is -2.24. The Morgan fingerprint density at radius 1 is 1.20 bits per heavy atom. The van der Waals surface area contributed by atoms with Crippen LogP contribution in [0.15, 0.2) is 11.1 Å². The Labute approximate surface area is 164 Å². The Morgan fingerprint density at radius 3 is 2.47 bits per heavy atom. The maximum absolute atomic E-state index is 11.9. The van der Waals surface area contributed by atoms with Gasteiger partial charge in [-0.2, -0.15) is 9.87 Å². The number of phosphoric acid groups is 2. The summed E-state index contributed by atoms with van der Waals surface area (Å²) in [6.45, 7) is 0. The van der Waals surface area contributed by atoms with Crippen molar-refractivity contribution in [2.24, 2.45) is 0 Å². The Kier molecular flexibility index (Phi) is 6.14. The van der Waals surface area contributed by atoms with Gasteiger partial charge in [0.2, 0.25) is 12.2 Å². The van der Waals surface area contributed by atoms with Crippen LogP contribution in [0.3, 0.4) is 0 Å². The molecule has 0 aromatic carbocycles. The summed E-state index contributed by atoms with van der Waals surface area (Å²) < 4.78 is 36.1. The zero-order valence-electron chi connectivity index (χ0n) is 14.3. The van der Waals surface area contributed by atoms with Gasteiger partial charge >= 0.3 is 15.6 Å². The maximum Gasteiger partial charge on any atom is 0.496 e. The number of hydrogen-bond acceptors (Lipinski definition) is 12. The van der Waals surface area contributed by atoms with E-state index in [-0.39, 0.29) is 17.1 Å². The molecular weight excluding hydrogens is 460 g/mol. The topological polar surface area (TPSA) is 282 Å². The largest absolute Gasteiger partial charge is 0.496 e. The molecule has 1 unspecified atom stereocenters. The third-order valence-corrected chi connectivity index (χ3v) is 4.51. The lowest BCUT2D eigenvalue weighted by atomic mass is 10.1. The molecule has 1 aliphatic rings. The van der Waals surface area contributed by atoms with E-state index in [1.807, 2.05) is 0 Å². The minimum absolute atomic E-state index is 0.173. The lowest BCUT2D eigenvalue weighted by Crippen LogP contribution is -2.41. The van der Waals surface area contributed by atoms with Crippen LogP contribution in [0.2, 0.25) is 0 Å². The number of nitrogens with one attached hydrogen (secondary N) is 1. The van der Waals surface area contributed by atoms with Crippen LogP contribution in [0.25, 0.3) is 11.2 Å². The highest BCUT2D eigenvalue weighted by Crippen LogP contribution is 2.44. The summed E-state index contributed by atoms with van der Waals surface area (Å²) in [6, 6.07) is 0. The van der Waals surface area contributed by atoms with Crippen LogP contribution < -0.4 is 11.3 Å². The molecule has 30 heavy (non-hydrogen) atoms. The number of aliphatic hydroxyl groups is 2. The SMILES string of the molecule is Nc1nc2c(ncn2[C@@H]2O[C@H](C(OOP(=O)(O)O)OP(=O)(O)O)[C@@H](O)[C@H]2O)c(=O)[nH]1. The quantitative estimate of drug-likeness (QED) is 0.0846. The lowest BCUT2D eigenvalue weighted by molar-refractivity contribution is -0.338. The van der Waals surface area contributed by atoms with Gasteiger partial charge in [0.05, 0.1) is 6.33 Å². The van der Waals surface area contributed by atoms with Crippen LogP contribution in [0.4, 0.5) is 5.95 Å². The van der Waals surface area contributed by atoms with Crippen molar-refractivity contribution in [3.63, 3.8) is 0 Å². The molecule has 0 radical (unpaired) electrons. The van der Waals surface area contributed by atoms with Gasteiger partial charge in [0.1, 0.15) is 18.3 Å². The van der Waals surface area contributed by atoms with Crippen LogP contribution in [0.5, 0.6) is 0 Å². The van der Waals surface area contributed by atoms with E-state index >= 15 is 0 Å². The van der Waals surface area contributed by atoms with Crippen LogP contribution in [-0.4, -0.2) is 73.9 Å². The number of aromatic nitrogens is 4. The molecule has 2 aromatic rings. The number of imidazole rings is 1. The monoisotopic (exact) mass is 475 g/mol. The molecular formula is C10H15N5O13P2. The first-order chi connectivity index (χ1) is 13.8. The number of nitrogen functional groups attached to an aromatic ring is 1. The minimum Gasteiger partial charge on any atom is -0.387 e. The average Bonchev–Trinajstić information content (AvgIpc) is 3.12. The summed E-state index contributed by atoms with van der Waals surface area (Å²) in [4.78, 5) is 61.2. The number of hydrogen-bond donors (Lipinski definition) is 8. The summed E-state index contributed by atoms with van der Waals surface area (Å²) in [7, 11) is -10.7. The highest BCUT2D eigenvalue weighted by atomic mass is 31.2. The normalized spacial score (nSPS) is 26.3. The Morgan fingerprint density at radius 2 is 1.87 bits per heavy atom. The summed E-state index contributed by atoms with van der Waals surface area (Å²) in [6.07, 6.45) is -8.74. The fourth-order valence-electron chi connectivity index (χ4n) is 2.64. The number of H-pyrrole nitrogens is 1. The number of ether oxygens (including phenoxy) is 1. The first-order valence-corrected chi connectivity index (χ1v) is 10.7. The first-order valence-electron chi connectivity index (χ1n) is 7.65. The molecule has 3 heterocycles. The molecule has 0 saturated carbocycles. The van der Waals surface area contributed by atoms with Crippen LogP contribution in [0.1, 0.15) is 6.23 Å².